The smallest absolute Gasteiger partial charge is 0.264 e. The molecule has 0 atom stereocenters. The van der Waals surface area contributed by atoms with E-state index in [1.807, 2.05) is 0 Å². The summed E-state index contributed by atoms with van der Waals surface area (Å²) in [5.74, 6) is -1.13. The molecule has 3 N–H and O–H groups in total. The van der Waals surface area contributed by atoms with Crippen molar-refractivity contribution in [1.29, 1.82) is 0 Å². The van der Waals surface area contributed by atoms with Crippen LogP contribution in [0.3, 0.4) is 0 Å². The van der Waals surface area contributed by atoms with E-state index in [9.17, 15) is 17.6 Å². The van der Waals surface area contributed by atoms with E-state index in [1.54, 1.807) is 19.9 Å². The van der Waals surface area contributed by atoms with Gasteiger partial charge in [0.15, 0.2) is 5.11 Å². The van der Waals surface area contributed by atoms with E-state index in [0.717, 1.165) is 6.07 Å². The SMILES string of the molecule is Cc1cc(C)nc(NS(=O)(=O)c2ccc(NC(=S)NC(=O)c3cccc(F)c3)cc2)n1. The number of hydrogen-bond donors (Lipinski definition) is 3. The van der Waals surface area contributed by atoms with Crippen molar-refractivity contribution in [3.05, 3.63) is 77.4 Å². The van der Waals surface area contributed by atoms with Crippen LogP contribution in [0.25, 0.3) is 0 Å². The Morgan fingerprint density at radius 3 is 2.26 bits per heavy atom. The third kappa shape index (κ3) is 6.03. The first kappa shape index (κ1) is 22.2. The second-order valence-electron chi connectivity index (χ2n) is 6.52. The lowest BCUT2D eigenvalue weighted by molar-refractivity contribution is 0.0977. The minimum Gasteiger partial charge on any atom is -0.332 e. The number of sulfonamides is 1. The van der Waals surface area contributed by atoms with Gasteiger partial charge in [0.25, 0.3) is 15.9 Å². The fraction of sp³-hybridized carbons (Fsp3) is 0.100. The number of aromatic nitrogens is 2. The van der Waals surface area contributed by atoms with Crippen LogP contribution in [0.2, 0.25) is 0 Å². The second-order valence-corrected chi connectivity index (χ2v) is 8.61. The highest BCUT2D eigenvalue weighted by Crippen LogP contribution is 2.17. The number of rotatable bonds is 5. The summed E-state index contributed by atoms with van der Waals surface area (Å²) in [6, 6.07) is 12.6. The Morgan fingerprint density at radius 1 is 1.00 bits per heavy atom. The molecule has 11 heteroatoms. The number of carbonyl (C=O) groups excluding carboxylic acids is 1. The number of aryl methyl sites for hydroxylation is 2. The molecule has 0 radical (unpaired) electrons. The van der Waals surface area contributed by atoms with Gasteiger partial charge in [-0.25, -0.2) is 27.5 Å². The predicted octanol–water partition coefficient (Wildman–Crippen LogP) is 3.16. The number of thiocarbonyl (C=S) groups is 1. The van der Waals surface area contributed by atoms with Crippen LogP contribution in [0.15, 0.2) is 59.5 Å². The average molecular weight is 460 g/mol. The summed E-state index contributed by atoms with van der Waals surface area (Å²) < 4.78 is 40.7. The predicted molar refractivity (Wildman–Crippen MR) is 119 cm³/mol. The third-order valence-corrected chi connectivity index (χ3v) is 5.49. The topological polar surface area (TPSA) is 113 Å². The van der Waals surface area contributed by atoms with Crippen LogP contribution in [0, 0.1) is 19.7 Å². The maximum atomic E-state index is 13.2. The van der Waals surface area contributed by atoms with Crippen molar-refractivity contribution in [2.45, 2.75) is 18.7 Å². The highest BCUT2D eigenvalue weighted by molar-refractivity contribution is 7.92. The molecule has 0 aliphatic rings. The highest BCUT2D eigenvalue weighted by atomic mass is 32.2. The van der Waals surface area contributed by atoms with Crippen molar-refractivity contribution in [1.82, 2.24) is 15.3 Å². The molecule has 160 valence electrons. The Morgan fingerprint density at radius 2 is 1.65 bits per heavy atom. The number of benzene rings is 2. The normalized spacial score (nSPS) is 10.9. The number of hydrogen-bond acceptors (Lipinski definition) is 6. The zero-order valence-electron chi connectivity index (χ0n) is 16.5. The summed E-state index contributed by atoms with van der Waals surface area (Å²) in [4.78, 5) is 20.2. The number of halogens is 1. The Kier molecular flexibility index (Phi) is 6.56. The van der Waals surface area contributed by atoms with E-state index in [-0.39, 0.29) is 21.5 Å². The Balaban J connectivity index is 1.65. The van der Waals surface area contributed by atoms with Crippen LogP contribution < -0.4 is 15.4 Å². The second kappa shape index (κ2) is 9.14. The van der Waals surface area contributed by atoms with Gasteiger partial charge in [0.05, 0.1) is 4.90 Å². The Bertz CT molecular complexity index is 1230. The number of anilines is 2. The van der Waals surface area contributed by atoms with Crippen molar-refractivity contribution < 1.29 is 17.6 Å². The fourth-order valence-corrected chi connectivity index (χ4v) is 3.79. The molecular formula is C20H18FN5O3S2. The lowest BCUT2D eigenvalue weighted by Crippen LogP contribution is -2.34. The summed E-state index contributed by atoms with van der Waals surface area (Å²) >= 11 is 5.08. The number of nitrogens with one attached hydrogen (secondary N) is 3. The molecule has 0 aliphatic carbocycles. The molecule has 0 bridgehead atoms. The summed E-state index contributed by atoms with van der Waals surface area (Å²) in [6.45, 7) is 3.48. The molecule has 0 fully saturated rings. The molecule has 3 aromatic rings. The zero-order chi connectivity index (χ0) is 22.6. The molecule has 1 aromatic heterocycles. The molecule has 1 amide bonds. The maximum absolute atomic E-state index is 13.2. The minimum atomic E-state index is -3.89. The monoisotopic (exact) mass is 459 g/mol. The van der Waals surface area contributed by atoms with Crippen LogP contribution in [-0.4, -0.2) is 29.4 Å². The lowest BCUT2D eigenvalue weighted by atomic mass is 10.2. The average Bonchev–Trinajstić information content (AvgIpc) is 2.67. The molecule has 1 heterocycles. The van der Waals surface area contributed by atoms with Gasteiger partial charge in [-0.15, -0.1) is 0 Å². The Labute approximate surface area is 184 Å². The lowest BCUT2D eigenvalue weighted by Gasteiger charge is -2.11. The first-order chi connectivity index (χ1) is 14.6. The van der Waals surface area contributed by atoms with E-state index in [1.165, 1.54) is 42.5 Å². The van der Waals surface area contributed by atoms with Gasteiger partial charge in [-0.3, -0.25) is 10.1 Å². The van der Waals surface area contributed by atoms with Crippen LogP contribution in [-0.2, 0) is 10.0 Å². The van der Waals surface area contributed by atoms with Crippen LogP contribution in [0.4, 0.5) is 16.0 Å². The van der Waals surface area contributed by atoms with Crippen molar-refractivity contribution in [3.8, 4) is 0 Å². The first-order valence-electron chi connectivity index (χ1n) is 8.95. The van der Waals surface area contributed by atoms with Crippen LogP contribution >= 0.6 is 12.2 Å². The molecule has 0 aliphatic heterocycles. The van der Waals surface area contributed by atoms with Crippen LogP contribution in [0.5, 0.6) is 0 Å². The molecule has 0 spiro atoms. The molecule has 3 rings (SSSR count). The summed E-state index contributed by atoms with van der Waals surface area (Å²) in [7, 11) is -3.89. The van der Waals surface area contributed by atoms with Gasteiger partial charge in [-0.05, 0) is 74.6 Å². The standard InChI is InChI=1S/C20H18FN5O3S2/c1-12-10-13(2)23-19(22-12)26-31(28,29)17-8-6-16(7-9-17)24-20(30)25-18(27)14-4-3-5-15(21)11-14/h3-11H,1-2H3,(H,22,23,26)(H2,24,25,27,30). The Hall–Kier alpha value is -3.44. The highest BCUT2D eigenvalue weighted by Gasteiger charge is 2.16. The molecular weight excluding hydrogens is 441 g/mol. The van der Waals surface area contributed by atoms with Gasteiger partial charge in [0.1, 0.15) is 5.82 Å². The van der Waals surface area contributed by atoms with E-state index in [0.29, 0.717) is 17.1 Å². The van der Waals surface area contributed by atoms with Gasteiger partial charge in [0.2, 0.25) is 5.95 Å². The largest absolute Gasteiger partial charge is 0.332 e. The molecule has 0 saturated carbocycles. The minimum absolute atomic E-state index is 0.00414. The fourth-order valence-electron chi connectivity index (χ4n) is 2.64. The van der Waals surface area contributed by atoms with Crippen LogP contribution in [0.1, 0.15) is 21.7 Å². The van der Waals surface area contributed by atoms with E-state index >= 15 is 0 Å². The molecule has 0 saturated heterocycles. The van der Waals surface area contributed by atoms with E-state index in [2.05, 4.69) is 25.3 Å². The summed E-state index contributed by atoms with van der Waals surface area (Å²) in [5, 5.41) is 5.17. The van der Waals surface area contributed by atoms with E-state index < -0.39 is 21.7 Å². The maximum Gasteiger partial charge on any atom is 0.264 e. The van der Waals surface area contributed by atoms with Gasteiger partial charge in [-0.1, -0.05) is 6.07 Å². The number of carbonyl (C=O) groups is 1. The summed E-state index contributed by atoms with van der Waals surface area (Å²) in [6.07, 6.45) is 0. The third-order valence-electron chi connectivity index (χ3n) is 3.94. The van der Waals surface area contributed by atoms with Gasteiger partial charge in [-0.2, -0.15) is 0 Å². The van der Waals surface area contributed by atoms with Crippen molar-refractivity contribution in [3.63, 3.8) is 0 Å². The van der Waals surface area contributed by atoms with Crippen molar-refractivity contribution in [2.24, 2.45) is 0 Å². The number of nitrogens with zero attached hydrogens (tertiary/aromatic N) is 2. The molecule has 31 heavy (non-hydrogen) atoms. The molecule has 8 nitrogen and oxygen atoms in total. The van der Waals surface area contributed by atoms with Crippen molar-refractivity contribution >= 4 is 44.9 Å². The quantitative estimate of drug-likeness (QED) is 0.502. The van der Waals surface area contributed by atoms with Gasteiger partial charge < -0.3 is 5.32 Å². The summed E-state index contributed by atoms with van der Waals surface area (Å²) in [5.41, 5.74) is 1.84. The van der Waals surface area contributed by atoms with Gasteiger partial charge in [0, 0.05) is 22.6 Å². The van der Waals surface area contributed by atoms with E-state index in [4.69, 9.17) is 12.2 Å². The van der Waals surface area contributed by atoms with Crippen molar-refractivity contribution in [2.75, 3.05) is 10.0 Å². The molecule has 0 unspecified atom stereocenters. The first-order valence-corrected chi connectivity index (χ1v) is 10.8. The zero-order valence-corrected chi connectivity index (χ0v) is 18.1. The number of amides is 1. The molecule has 2 aromatic carbocycles. The van der Waals surface area contributed by atoms with Gasteiger partial charge >= 0.3 is 0 Å².